The van der Waals surface area contributed by atoms with Gasteiger partial charge in [0.05, 0.1) is 4.92 Å². The Morgan fingerprint density at radius 3 is 2.50 bits per heavy atom. The molecule has 7 nitrogen and oxygen atoms in total. The van der Waals surface area contributed by atoms with Crippen molar-refractivity contribution in [1.82, 2.24) is 0 Å². The smallest absolute Gasteiger partial charge is 0.302 e. The fourth-order valence-electron chi connectivity index (χ4n) is 1.12. The third-order valence-electron chi connectivity index (χ3n) is 1.97. The summed E-state index contributed by atoms with van der Waals surface area (Å²) in [5.74, 6) is -0.0909. The van der Waals surface area contributed by atoms with Crippen molar-refractivity contribution in [2.24, 2.45) is 0 Å². The van der Waals surface area contributed by atoms with Crippen molar-refractivity contribution in [3.05, 3.63) is 34.4 Å². The summed E-state index contributed by atoms with van der Waals surface area (Å²) in [5.41, 5.74) is -0.0391. The van der Waals surface area contributed by atoms with Gasteiger partial charge < -0.3 is 14.6 Å². The van der Waals surface area contributed by atoms with Crippen LogP contribution in [0.2, 0.25) is 0 Å². The summed E-state index contributed by atoms with van der Waals surface area (Å²) >= 11 is 0. The van der Waals surface area contributed by atoms with Gasteiger partial charge in [-0.15, -0.1) is 0 Å². The molecule has 1 atom stereocenters. The predicted octanol–water partition coefficient (Wildman–Crippen LogP) is 0.898. The average Bonchev–Trinajstić information content (AvgIpc) is 2.34. The first-order valence-electron chi connectivity index (χ1n) is 5.17. The van der Waals surface area contributed by atoms with E-state index < -0.39 is 17.0 Å². The maximum absolute atomic E-state index is 10.5. The molecular weight excluding hydrogens is 242 g/mol. The van der Waals surface area contributed by atoms with Gasteiger partial charge in [-0.05, 0) is 12.1 Å². The average molecular weight is 255 g/mol. The fourth-order valence-corrected chi connectivity index (χ4v) is 1.12. The number of nitro groups is 1. The second kappa shape index (κ2) is 6.55. The maximum atomic E-state index is 10.5. The minimum Gasteiger partial charge on any atom is -0.491 e. The van der Waals surface area contributed by atoms with Gasteiger partial charge in [-0.25, -0.2) is 0 Å². The van der Waals surface area contributed by atoms with Gasteiger partial charge in [0.15, 0.2) is 0 Å². The molecule has 0 aliphatic heterocycles. The zero-order valence-corrected chi connectivity index (χ0v) is 9.74. The summed E-state index contributed by atoms with van der Waals surface area (Å²) in [5, 5.41) is 19.8. The lowest BCUT2D eigenvalue weighted by Crippen LogP contribution is -2.24. The SMILES string of the molecule is CC(=O)OCC(O)COc1ccc([N+](=O)[O-])cc1. The quantitative estimate of drug-likeness (QED) is 0.460. The highest BCUT2D eigenvalue weighted by Gasteiger charge is 2.08. The largest absolute Gasteiger partial charge is 0.491 e. The van der Waals surface area contributed by atoms with Crippen LogP contribution in [0.3, 0.4) is 0 Å². The molecular formula is C11H13NO6. The van der Waals surface area contributed by atoms with E-state index in [1.54, 1.807) is 0 Å². The minimum atomic E-state index is -0.941. The Bertz CT molecular complexity index is 416. The van der Waals surface area contributed by atoms with Gasteiger partial charge in [-0.2, -0.15) is 0 Å². The Labute approximate surface area is 103 Å². The molecule has 0 spiro atoms. The van der Waals surface area contributed by atoms with Crippen molar-refractivity contribution in [3.8, 4) is 5.75 Å². The molecule has 1 aromatic carbocycles. The Hall–Kier alpha value is -2.15. The number of non-ortho nitro benzene ring substituents is 1. The Balaban J connectivity index is 2.39. The molecule has 18 heavy (non-hydrogen) atoms. The molecule has 0 saturated carbocycles. The molecule has 0 fully saturated rings. The van der Waals surface area contributed by atoms with Gasteiger partial charge in [0.25, 0.3) is 5.69 Å². The van der Waals surface area contributed by atoms with Gasteiger partial charge in [-0.1, -0.05) is 0 Å². The van der Waals surface area contributed by atoms with E-state index in [0.717, 1.165) is 0 Å². The van der Waals surface area contributed by atoms with E-state index in [-0.39, 0.29) is 18.9 Å². The first-order chi connectivity index (χ1) is 8.49. The molecule has 0 aliphatic carbocycles. The molecule has 0 aromatic heterocycles. The van der Waals surface area contributed by atoms with Crippen molar-refractivity contribution in [3.63, 3.8) is 0 Å². The number of esters is 1. The van der Waals surface area contributed by atoms with Gasteiger partial charge in [0.1, 0.15) is 25.1 Å². The number of hydrogen-bond donors (Lipinski definition) is 1. The Morgan fingerprint density at radius 1 is 1.39 bits per heavy atom. The molecule has 1 aromatic rings. The summed E-state index contributed by atoms with van der Waals surface area (Å²) in [6.45, 7) is 1.03. The predicted molar refractivity (Wildman–Crippen MR) is 61.2 cm³/mol. The number of carbonyl (C=O) groups is 1. The van der Waals surface area contributed by atoms with Crippen molar-refractivity contribution in [2.45, 2.75) is 13.0 Å². The van der Waals surface area contributed by atoms with Crippen LogP contribution in [0.5, 0.6) is 5.75 Å². The van der Waals surface area contributed by atoms with Gasteiger partial charge in [0, 0.05) is 19.1 Å². The zero-order chi connectivity index (χ0) is 13.5. The van der Waals surface area contributed by atoms with Crippen molar-refractivity contribution >= 4 is 11.7 Å². The molecule has 0 radical (unpaired) electrons. The fraction of sp³-hybridized carbons (Fsp3) is 0.364. The number of hydrogen-bond acceptors (Lipinski definition) is 6. The Morgan fingerprint density at radius 2 is 2.00 bits per heavy atom. The number of nitrogens with zero attached hydrogens (tertiary/aromatic N) is 1. The molecule has 7 heteroatoms. The number of benzene rings is 1. The van der Waals surface area contributed by atoms with E-state index in [4.69, 9.17) is 4.74 Å². The molecule has 1 unspecified atom stereocenters. The van der Waals surface area contributed by atoms with E-state index in [0.29, 0.717) is 5.75 Å². The highest BCUT2D eigenvalue weighted by atomic mass is 16.6. The van der Waals surface area contributed by atoms with E-state index in [2.05, 4.69) is 4.74 Å². The lowest BCUT2D eigenvalue weighted by atomic mass is 10.3. The number of carbonyl (C=O) groups excluding carboxylic acids is 1. The van der Waals surface area contributed by atoms with Crippen LogP contribution in [0.25, 0.3) is 0 Å². The van der Waals surface area contributed by atoms with Crippen LogP contribution in [0.4, 0.5) is 5.69 Å². The Kier molecular flexibility index (Phi) is 5.06. The van der Waals surface area contributed by atoms with E-state index >= 15 is 0 Å². The maximum Gasteiger partial charge on any atom is 0.302 e. The highest BCUT2D eigenvalue weighted by molar-refractivity contribution is 5.65. The lowest BCUT2D eigenvalue weighted by molar-refractivity contribution is -0.384. The van der Waals surface area contributed by atoms with E-state index in [9.17, 15) is 20.0 Å². The molecule has 1 N–H and O–H groups in total. The minimum absolute atomic E-state index is 0.0391. The third kappa shape index (κ3) is 4.79. The van der Waals surface area contributed by atoms with Crippen molar-refractivity contribution in [1.29, 1.82) is 0 Å². The molecule has 0 heterocycles. The zero-order valence-electron chi connectivity index (χ0n) is 9.74. The van der Waals surface area contributed by atoms with E-state index in [1.807, 2.05) is 0 Å². The van der Waals surface area contributed by atoms with Crippen molar-refractivity contribution in [2.75, 3.05) is 13.2 Å². The number of aliphatic hydroxyl groups is 1. The summed E-state index contributed by atoms with van der Waals surface area (Å²) in [6.07, 6.45) is -0.941. The summed E-state index contributed by atoms with van der Waals surface area (Å²) in [6, 6.07) is 5.45. The van der Waals surface area contributed by atoms with Crippen LogP contribution < -0.4 is 4.74 Å². The summed E-state index contributed by atoms with van der Waals surface area (Å²) in [4.78, 5) is 20.4. The number of rotatable bonds is 6. The molecule has 98 valence electrons. The summed E-state index contributed by atoms with van der Waals surface area (Å²) < 4.78 is 9.76. The van der Waals surface area contributed by atoms with Gasteiger partial charge in [-0.3, -0.25) is 14.9 Å². The normalized spacial score (nSPS) is 11.7. The van der Waals surface area contributed by atoms with Crippen molar-refractivity contribution < 1.29 is 24.3 Å². The van der Waals surface area contributed by atoms with Crippen LogP contribution in [-0.2, 0) is 9.53 Å². The highest BCUT2D eigenvalue weighted by Crippen LogP contribution is 2.17. The third-order valence-corrected chi connectivity index (χ3v) is 1.97. The number of nitro benzene ring substituents is 1. The van der Waals surface area contributed by atoms with Crippen LogP contribution in [0.15, 0.2) is 24.3 Å². The molecule has 0 saturated heterocycles. The lowest BCUT2D eigenvalue weighted by Gasteiger charge is -2.11. The standard InChI is InChI=1S/C11H13NO6/c1-8(13)17-6-10(14)7-18-11-4-2-9(3-5-11)12(15)16/h2-5,10,14H,6-7H2,1H3. The first kappa shape index (κ1) is 13.9. The van der Waals surface area contributed by atoms with E-state index in [1.165, 1.54) is 31.2 Å². The van der Waals surface area contributed by atoms with Crippen LogP contribution in [0, 0.1) is 10.1 Å². The second-order valence-corrected chi connectivity index (χ2v) is 3.52. The summed E-state index contributed by atoms with van der Waals surface area (Å²) in [7, 11) is 0. The van der Waals surface area contributed by atoms with Crippen LogP contribution in [-0.4, -0.2) is 35.3 Å². The van der Waals surface area contributed by atoms with Gasteiger partial charge >= 0.3 is 5.97 Å². The van der Waals surface area contributed by atoms with Crippen LogP contribution in [0.1, 0.15) is 6.92 Å². The second-order valence-electron chi connectivity index (χ2n) is 3.52. The molecule has 0 bridgehead atoms. The molecule has 0 aliphatic rings. The topological polar surface area (TPSA) is 98.9 Å². The van der Waals surface area contributed by atoms with Gasteiger partial charge in [0.2, 0.25) is 0 Å². The monoisotopic (exact) mass is 255 g/mol. The first-order valence-corrected chi connectivity index (χ1v) is 5.17. The number of ether oxygens (including phenoxy) is 2. The number of aliphatic hydroxyl groups excluding tert-OH is 1. The molecule has 0 amide bonds. The molecule has 1 rings (SSSR count). The van der Waals surface area contributed by atoms with Crippen LogP contribution >= 0.6 is 0 Å².